The average molecular weight is 273 g/mol. The van der Waals surface area contributed by atoms with E-state index in [1.165, 1.54) is 6.07 Å². The van der Waals surface area contributed by atoms with Crippen molar-refractivity contribution in [2.75, 3.05) is 13.1 Å². The van der Waals surface area contributed by atoms with E-state index >= 15 is 0 Å². The van der Waals surface area contributed by atoms with E-state index in [1.54, 1.807) is 6.92 Å². The maximum atomic E-state index is 13.8. The van der Waals surface area contributed by atoms with Crippen LogP contribution >= 0.6 is 12.4 Å². The van der Waals surface area contributed by atoms with Crippen LogP contribution in [0.4, 0.5) is 4.39 Å². The quantitative estimate of drug-likeness (QED) is 0.866. The van der Waals surface area contributed by atoms with Crippen LogP contribution in [0.1, 0.15) is 40.2 Å². The van der Waals surface area contributed by atoms with Gasteiger partial charge in [0.1, 0.15) is 5.82 Å². The van der Waals surface area contributed by atoms with Gasteiger partial charge in [-0.1, -0.05) is 6.07 Å². The summed E-state index contributed by atoms with van der Waals surface area (Å²) in [6.45, 7) is 3.65. The molecular weight excluding hydrogens is 255 g/mol. The van der Waals surface area contributed by atoms with Crippen molar-refractivity contribution in [3.63, 3.8) is 0 Å². The molecular formula is C13H18ClFN2O. The highest BCUT2D eigenvalue weighted by molar-refractivity contribution is 5.94. The van der Waals surface area contributed by atoms with Crippen molar-refractivity contribution in [2.45, 2.75) is 25.7 Å². The number of aryl methyl sites for hydroxylation is 1. The summed E-state index contributed by atoms with van der Waals surface area (Å²) < 4.78 is 13.8. The van der Waals surface area contributed by atoms with E-state index in [-0.39, 0.29) is 18.0 Å². The summed E-state index contributed by atoms with van der Waals surface area (Å²) in [5.41, 5.74) is 6.78. The molecule has 1 aliphatic rings. The molecule has 0 saturated carbocycles. The van der Waals surface area contributed by atoms with Crippen molar-refractivity contribution < 1.29 is 9.18 Å². The van der Waals surface area contributed by atoms with Crippen LogP contribution in [0, 0.1) is 12.7 Å². The van der Waals surface area contributed by atoms with Crippen molar-refractivity contribution in [2.24, 2.45) is 5.73 Å². The first-order valence-corrected chi connectivity index (χ1v) is 5.90. The minimum Gasteiger partial charge on any atom is -0.365 e. The SMILES string of the molecule is Cc1cc(C2CCNCC2)cc(F)c1C(N)=O.Cl. The number of piperidine rings is 1. The van der Waals surface area contributed by atoms with Crippen molar-refractivity contribution in [1.82, 2.24) is 5.32 Å². The van der Waals surface area contributed by atoms with E-state index < -0.39 is 11.7 Å². The monoisotopic (exact) mass is 272 g/mol. The Labute approximate surface area is 112 Å². The van der Waals surface area contributed by atoms with Crippen LogP contribution in [0.15, 0.2) is 12.1 Å². The van der Waals surface area contributed by atoms with Crippen molar-refractivity contribution in [3.8, 4) is 0 Å². The fourth-order valence-electron chi connectivity index (χ4n) is 2.47. The Bertz CT molecular complexity index is 422. The van der Waals surface area contributed by atoms with E-state index in [9.17, 15) is 9.18 Å². The summed E-state index contributed by atoms with van der Waals surface area (Å²) in [4.78, 5) is 11.1. The Balaban J connectivity index is 0.00000162. The molecule has 1 aromatic carbocycles. The lowest BCUT2D eigenvalue weighted by molar-refractivity contribution is 0.0996. The molecule has 2 rings (SSSR count). The third kappa shape index (κ3) is 3.00. The third-order valence-corrected chi connectivity index (χ3v) is 3.37. The largest absolute Gasteiger partial charge is 0.365 e. The topological polar surface area (TPSA) is 55.1 Å². The zero-order valence-electron chi connectivity index (χ0n) is 10.3. The van der Waals surface area contributed by atoms with Crippen LogP contribution in [0.2, 0.25) is 0 Å². The molecule has 1 heterocycles. The maximum absolute atomic E-state index is 13.8. The van der Waals surface area contributed by atoms with Gasteiger partial charge in [-0.3, -0.25) is 4.79 Å². The van der Waals surface area contributed by atoms with Crippen LogP contribution in [-0.4, -0.2) is 19.0 Å². The second-order valence-electron chi connectivity index (χ2n) is 4.58. The molecule has 3 nitrogen and oxygen atoms in total. The van der Waals surface area contributed by atoms with E-state index in [0.29, 0.717) is 11.5 Å². The molecule has 0 radical (unpaired) electrons. The second-order valence-corrected chi connectivity index (χ2v) is 4.58. The molecule has 100 valence electrons. The normalized spacial score (nSPS) is 16.1. The smallest absolute Gasteiger partial charge is 0.251 e. The summed E-state index contributed by atoms with van der Waals surface area (Å²) in [6.07, 6.45) is 2.02. The predicted molar refractivity (Wildman–Crippen MR) is 71.7 cm³/mol. The van der Waals surface area contributed by atoms with E-state index in [1.807, 2.05) is 6.07 Å². The Morgan fingerprint density at radius 2 is 2.00 bits per heavy atom. The molecule has 0 aromatic heterocycles. The van der Waals surface area contributed by atoms with Gasteiger partial charge < -0.3 is 11.1 Å². The summed E-state index contributed by atoms with van der Waals surface area (Å²) in [5, 5.41) is 3.28. The second kappa shape index (κ2) is 6.16. The maximum Gasteiger partial charge on any atom is 0.251 e. The summed E-state index contributed by atoms with van der Waals surface area (Å²) in [6, 6.07) is 3.35. The number of rotatable bonds is 2. The molecule has 1 amide bonds. The Morgan fingerprint density at radius 3 is 2.50 bits per heavy atom. The number of nitrogens with two attached hydrogens (primary N) is 1. The fourth-order valence-corrected chi connectivity index (χ4v) is 2.47. The van der Waals surface area contributed by atoms with Gasteiger partial charge in [0.05, 0.1) is 5.56 Å². The van der Waals surface area contributed by atoms with Crippen LogP contribution in [0.25, 0.3) is 0 Å². The van der Waals surface area contributed by atoms with E-state index in [0.717, 1.165) is 31.5 Å². The number of benzene rings is 1. The van der Waals surface area contributed by atoms with Crippen molar-refractivity contribution in [3.05, 3.63) is 34.6 Å². The van der Waals surface area contributed by atoms with Crippen LogP contribution in [0.3, 0.4) is 0 Å². The Morgan fingerprint density at radius 1 is 1.39 bits per heavy atom. The van der Waals surface area contributed by atoms with E-state index in [2.05, 4.69) is 5.32 Å². The summed E-state index contributed by atoms with van der Waals surface area (Å²) in [5.74, 6) is -0.811. The lowest BCUT2D eigenvalue weighted by atomic mass is 9.88. The summed E-state index contributed by atoms with van der Waals surface area (Å²) >= 11 is 0. The molecule has 0 aliphatic carbocycles. The first kappa shape index (κ1) is 14.9. The Hall–Kier alpha value is -1.13. The van der Waals surface area contributed by atoms with Crippen molar-refractivity contribution >= 4 is 18.3 Å². The molecule has 1 saturated heterocycles. The third-order valence-electron chi connectivity index (χ3n) is 3.37. The van der Waals surface area contributed by atoms with E-state index in [4.69, 9.17) is 5.73 Å². The number of carbonyl (C=O) groups excluding carboxylic acids is 1. The van der Waals surface area contributed by atoms with Gasteiger partial charge in [0, 0.05) is 0 Å². The highest BCUT2D eigenvalue weighted by Gasteiger charge is 2.19. The van der Waals surface area contributed by atoms with Gasteiger partial charge in [-0.15, -0.1) is 12.4 Å². The van der Waals surface area contributed by atoms with Gasteiger partial charge in [0.2, 0.25) is 0 Å². The molecule has 5 heteroatoms. The van der Waals surface area contributed by atoms with Gasteiger partial charge in [0.25, 0.3) is 5.91 Å². The average Bonchev–Trinajstić information content (AvgIpc) is 2.28. The van der Waals surface area contributed by atoms with Gasteiger partial charge in [0.15, 0.2) is 0 Å². The van der Waals surface area contributed by atoms with Crippen LogP contribution < -0.4 is 11.1 Å². The number of amides is 1. The van der Waals surface area contributed by atoms with Crippen molar-refractivity contribution in [1.29, 1.82) is 0 Å². The molecule has 1 aromatic rings. The van der Waals surface area contributed by atoms with Gasteiger partial charge in [-0.25, -0.2) is 4.39 Å². The van der Waals surface area contributed by atoms with Gasteiger partial charge in [-0.05, 0) is 56.0 Å². The van der Waals surface area contributed by atoms with Gasteiger partial charge in [-0.2, -0.15) is 0 Å². The molecule has 1 aliphatic heterocycles. The predicted octanol–water partition coefficient (Wildman–Crippen LogP) is 2.12. The number of primary amides is 1. The first-order valence-electron chi connectivity index (χ1n) is 5.90. The number of hydrogen-bond donors (Lipinski definition) is 2. The molecule has 0 spiro atoms. The number of nitrogens with one attached hydrogen (secondary N) is 1. The van der Waals surface area contributed by atoms with Crippen LogP contribution in [0.5, 0.6) is 0 Å². The number of halogens is 2. The number of carbonyl (C=O) groups is 1. The van der Waals surface area contributed by atoms with Crippen LogP contribution in [-0.2, 0) is 0 Å². The highest BCUT2D eigenvalue weighted by atomic mass is 35.5. The molecule has 0 unspecified atom stereocenters. The summed E-state index contributed by atoms with van der Waals surface area (Å²) in [7, 11) is 0. The molecule has 3 N–H and O–H groups in total. The van der Waals surface area contributed by atoms with Gasteiger partial charge >= 0.3 is 0 Å². The molecule has 1 fully saturated rings. The standard InChI is InChI=1S/C13H17FN2O.ClH/c1-8-6-10(9-2-4-16-5-3-9)7-11(14)12(8)13(15)17;/h6-7,9,16H,2-5H2,1H3,(H2,15,17);1H. The zero-order valence-corrected chi connectivity index (χ0v) is 11.1. The highest BCUT2D eigenvalue weighted by Crippen LogP contribution is 2.28. The molecule has 0 bridgehead atoms. The number of hydrogen-bond acceptors (Lipinski definition) is 2. The first-order chi connectivity index (χ1) is 8.09. The lowest BCUT2D eigenvalue weighted by Gasteiger charge is -2.23. The molecule has 18 heavy (non-hydrogen) atoms. The Kier molecular flexibility index (Phi) is 5.11. The lowest BCUT2D eigenvalue weighted by Crippen LogP contribution is -2.27. The fraction of sp³-hybridized carbons (Fsp3) is 0.462. The minimum absolute atomic E-state index is 0. The zero-order chi connectivity index (χ0) is 12.4. The minimum atomic E-state index is -0.697. The molecule has 0 atom stereocenters.